The van der Waals surface area contributed by atoms with E-state index in [0.717, 1.165) is 7.11 Å². The van der Waals surface area contributed by atoms with Gasteiger partial charge in [-0.2, -0.15) is 9.78 Å². The number of hydrogen-bond acceptors (Lipinski definition) is 9. The van der Waals surface area contributed by atoms with Crippen molar-refractivity contribution in [3.63, 3.8) is 0 Å². The number of aliphatic carboxylic acids is 1. The first-order valence-corrected chi connectivity index (χ1v) is 6.84. The van der Waals surface area contributed by atoms with Gasteiger partial charge in [0.2, 0.25) is 6.54 Å². The van der Waals surface area contributed by atoms with Crippen LogP contribution in [0.2, 0.25) is 0 Å². The first-order valence-electron chi connectivity index (χ1n) is 6.84. The van der Waals surface area contributed by atoms with Crippen LogP contribution in [0.25, 0.3) is 0 Å². The Morgan fingerprint density at radius 2 is 1.68 bits per heavy atom. The molecule has 1 rings (SSSR count). The van der Waals surface area contributed by atoms with Crippen LogP contribution < -0.4 is 9.78 Å². The van der Waals surface area contributed by atoms with Crippen molar-refractivity contribution in [2.75, 3.05) is 27.9 Å². The molecule has 11 heteroatoms. The van der Waals surface area contributed by atoms with Crippen LogP contribution in [0.5, 0.6) is 11.5 Å². The van der Waals surface area contributed by atoms with Crippen molar-refractivity contribution < 1.29 is 43.9 Å². The van der Waals surface area contributed by atoms with Gasteiger partial charge in [0.1, 0.15) is 0 Å². The smallest absolute Gasteiger partial charge is 0.320 e. The maximum absolute atomic E-state index is 11.9. The van der Waals surface area contributed by atoms with Gasteiger partial charge in [0.05, 0.1) is 32.8 Å². The lowest BCUT2D eigenvalue weighted by molar-refractivity contribution is -0.484. The van der Waals surface area contributed by atoms with Gasteiger partial charge in [-0.1, -0.05) is 6.07 Å². The average molecular weight is 359 g/mol. The molecule has 0 heterocycles. The van der Waals surface area contributed by atoms with E-state index < -0.39 is 35.2 Å². The highest BCUT2D eigenvalue weighted by Gasteiger charge is 2.43. The number of methoxy groups -OCH3 is 1. The predicted octanol–water partition coefficient (Wildman–Crippen LogP) is 0.801. The molecule has 0 fully saturated rings. The van der Waals surface area contributed by atoms with Gasteiger partial charge in [-0.05, 0) is 12.1 Å². The lowest BCUT2D eigenvalue weighted by Crippen LogP contribution is -2.35. The van der Waals surface area contributed by atoms with Gasteiger partial charge in [-0.15, -0.1) is 0 Å². The minimum absolute atomic E-state index is 0.0703. The Hall–Kier alpha value is -2.92. The van der Waals surface area contributed by atoms with Crippen LogP contribution in [-0.4, -0.2) is 49.8 Å². The number of nitrogens with zero attached hydrogens (tertiary/aromatic N) is 1. The fraction of sp³-hybridized carbons (Fsp3) is 0.429. The van der Waals surface area contributed by atoms with E-state index in [1.54, 1.807) is 0 Å². The molecule has 0 radical (unpaired) electrons. The topological polar surface area (TPSA) is 144 Å². The predicted molar refractivity (Wildman–Crippen MR) is 79.5 cm³/mol. The number of rotatable bonds is 10. The van der Waals surface area contributed by atoms with E-state index in [4.69, 9.17) is 9.78 Å². The van der Waals surface area contributed by atoms with Crippen LogP contribution in [0.1, 0.15) is 11.5 Å². The summed E-state index contributed by atoms with van der Waals surface area (Å²) in [4.78, 5) is 52.8. The summed E-state index contributed by atoms with van der Waals surface area (Å²) >= 11 is 0. The molecule has 25 heavy (non-hydrogen) atoms. The van der Waals surface area contributed by atoms with Gasteiger partial charge in [0.25, 0.3) is 0 Å². The first kappa shape index (κ1) is 20.1. The molecular formula is C14H17NO10. The summed E-state index contributed by atoms with van der Waals surface area (Å²) in [6.45, 7) is -0.907. The van der Waals surface area contributed by atoms with Crippen LogP contribution in [0, 0.1) is 16.0 Å². The summed E-state index contributed by atoms with van der Waals surface area (Å²) in [6.07, 6.45) is 0. The lowest BCUT2D eigenvalue weighted by atomic mass is 9.84. The summed E-state index contributed by atoms with van der Waals surface area (Å²) < 4.78 is 4.47. The van der Waals surface area contributed by atoms with Crippen LogP contribution in [0.4, 0.5) is 0 Å². The quantitative estimate of drug-likeness (QED) is 0.209. The van der Waals surface area contributed by atoms with E-state index in [0.29, 0.717) is 0 Å². The molecule has 0 saturated heterocycles. The molecule has 0 aromatic heterocycles. The Kier molecular flexibility index (Phi) is 7.56. The largest absolute Gasteiger partial charge is 0.481 e. The molecule has 0 bridgehead atoms. The summed E-state index contributed by atoms with van der Waals surface area (Å²) in [5.74, 6) is -6.25. The van der Waals surface area contributed by atoms with Gasteiger partial charge in [0, 0.05) is 4.92 Å². The Labute approximate surface area is 142 Å². The highest BCUT2D eigenvalue weighted by atomic mass is 17.2. The van der Waals surface area contributed by atoms with Crippen molar-refractivity contribution >= 4 is 11.9 Å². The van der Waals surface area contributed by atoms with Crippen molar-refractivity contribution in [2.24, 2.45) is 5.92 Å². The van der Waals surface area contributed by atoms with Gasteiger partial charge >= 0.3 is 11.9 Å². The third-order valence-corrected chi connectivity index (χ3v) is 3.21. The van der Waals surface area contributed by atoms with Gasteiger partial charge in [0.15, 0.2) is 17.4 Å². The van der Waals surface area contributed by atoms with Gasteiger partial charge in [-0.3, -0.25) is 19.7 Å². The fourth-order valence-corrected chi connectivity index (χ4v) is 2.30. The number of carbonyl (C=O) groups excluding carboxylic acids is 1. The molecule has 0 saturated carbocycles. The van der Waals surface area contributed by atoms with E-state index in [1.165, 1.54) is 32.4 Å². The van der Waals surface area contributed by atoms with Crippen molar-refractivity contribution in [1.82, 2.24) is 0 Å². The fourth-order valence-electron chi connectivity index (χ4n) is 2.30. The maximum atomic E-state index is 11.9. The number of carbonyl (C=O) groups is 2. The second-order valence-electron chi connectivity index (χ2n) is 4.63. The molecule has 11 nitrogen and oxygen atoms in total. The second-order valence-corrected chi connectivity index (χ2v) is 4.63. The Balaban J connectivity index is 3.60. The minimum Gasteiger partial charge on any atom is -0.481 e. The average Bonchev–Trinajstić information content (AvgIpc) is 2.54. The summed E-state index contributed by atoms with van der Waals surface area (Å²) in [7, 11) is 3.35. The van der Waals surface area contributed by atoms with Crippen LogP contribution in [0.3, 0.4) is 0 Å². The third-order valence-electron chi connectivity index (χ3n) is 3.21. The molecule has 138 valence electrons. The summed E-state index contributed by atoms with van der Waals surface area (Å²) in [5.41, 5.74) is -0.0827. The van der Waals surface area contributed by atoms with E-state index in [-0.39, 0.29) is 17.1 Å². The molecule has 1 aromatic rings. The number of carboxylic acid groups (broad SMARTS) is 1. The Bertz CT molecular complexity index is 608. The minimum atomic E-state index is -1.88. The zero-order valence-corrected chi connectivity index (χ0v) is 13.7. The number of nitro groups is 1. The van der Waals surface area contributed by atoms with Crippen molar-refractivity contribution in [1.29, 1.82) is 0 Å². The van der Waals surface area contributed by atoms with Crippen LogP contribution >= 0.6 is 0 Å². The number of esters is 1. The monoisotopic (exact) mass is 359 g/mol. The molecule has 0 aliphatic carbocycles. The van der Waals surface area contributed by atoms with E-state index in [1.807, 2.05) is 0 Å². The zero-order chi connectivity index (χ0) is 19.0. The molecule has 0 amide bonds. The van der Waals surface area contributed by atoms with E-state index >= 15 is 0 Å². The number of benzene rings is 1. The van der Waals surface area contributed by atoms with Crippen LogP contribution in [0.15, 0.2) is 18.2 Å². The lowest BCUT2D eigenvalue weighted by Gasteiger charge is -2.22. The highest BCUT2D eigenvalue weighted by molar-refractivity contribution is 5.95. The molecule has 2 unspecified atom stereocenters. The summed E-state index contributed by atoms with van der Waals surface area (Å²) in [5, 5.41) is 20.5. The zero-order valence-electron chi connectivity index (χ0n) is 13.7. The Morgan fingerprint density at radius 1 is 1.16 bits per heavy atom. The molecule has 1 aromatic carbocycles. The van der Waals surface area contributed by atoms with Crippen molar-refractivity contribution in [2.45, 2.75) is 5.92 Å². The normalized spacial score (nSPS) is 12.8. The first-order chi connectivity index (χ1) is 11.9. The number of carboxylic acids is 1. The van der Waals surface area contributed by atoms with Crippen molar-refractivity contribution in [3.05, 3.63) is 33.9 Å². The second kappa shape index (κ2) is 9.39. The molecule has 0 aliphatic rings. The van der Waals surface area contributed by atoms with E-state index in [9.17, 15) is 24.8 Å². The Morgan fingerprint density at radius 3 is 2.04 bits per heavy atom. The highest BCUT2D eigenvalue weighted by Crippen LogP contribution is 2.40. The van der Waals surface area contributed by atoms with Gasteiger partial charge in [-0.25, -0.2) is 0 Å². The molecule has 2 atom stereocenters. The maximum Gasteiger partial charge on any atom is 0.320 e. The SMILES string of the molecule is COOc1cccc(OOC)c1C(C[N+](=O)[O-])C(C(=O)O)C(=O)OC. The number of hydrogen-bond donors (Lipinski definition) is 1. The van der Waals surface area contributed by atoms with Crippen molar-refractivity contribution in [3.8, 4) is 11.5 Å². The van der Waals surface area contributed by atoms with E-state index in [2.05, 4.69) is 14.5 Å². The molecular weight excluding hydrogens is 342 g/mol. The molecule has 0 spiro atoms. The van der Waals surface area contributed by atoms with Gasteiger partial charge < -0.3 is 19.6 Å². The number of ether oxygens (including phenoxy) is 1. The third kappa shape index (κ3) is 5.02. The molecule has 0 aliphatic heterocycles. The van der Waals surface area contributed by atoms with Crippen LogP contribution in [-0.2, 0) is 24.1 Å². The standard InChI is InChI=1S/C14H17NO10/c1-21-14(18)12(13(16)17)8(7-15(19)20)11-9(24-22-2)5-4-6-10(11)25-23-3/h4-6,8,12H,7H2,1-3H3,(H,16,17). The summed E-state index contributed by atoms with van der Waals surface area (Å²) in [6, 6.07) is 4.19. The molecule has 1 N–H and O–H groups in total.